The lowest BCUT2D eigenvalue weighted by molar-refractivity contribution is -0.116. The van der Waals surface area contributed by atoms with Crippen LogP contribution in [0.4, 0.5) is 5.82 Å². The Morgan fingerprint density at radius 1 is 1.09 bits per heavy atom. The number of benzene rings is 1. The van der Waals surface area contributed by atoms with Crippen molar-refractivity contribution in [1.29, 1.82) is 0 Å². The standard InChI is InChI=1S/C27H24ClN3O3/c1-15-7-5-11-23(29-15)31-27(33)24-16(2)30-20-13-17(22-10-6-12-34-22)14-21(32)26(20)25(24)18-8-3-4-9-19(18)28/h3-12,17,25,30H,13-14H2,1-2H3,(H,29,31,33)/t17-,25+/m1/s1. The first-order chi connectivity index (χ1) is 16.4. The minimum absolute atomic E-state index is 0.0217. The monoisotopic (exact) mass is 473 g/mol. The molecule has 0 spiro atoms. The summed E-state index contributed by atoms with van der Waals surface area (Å²) in [5.74, 6) is 0.259. The van der Waals surface area contributed by atoms with Crippen LogP contribution in [0.5, 0.6) is 0 Å². The SMILES string of the molecule is CC1=C(C(=O)Nc2cccc(C)n2)[C@H](c2ccccc2Cl)C2=C(C[C@@H](c3ccco3)CC2=O)N1. The largest absolute Gasteiger partial charge is 0.469 e. The van der Waals surface area contributed by atoms with Crippen LogP contribution in [0.15, 0.2) is 87.8 Å². The van der Waals surface area contributed by atoms with Gasteiger partial charge in [0.05, 0.1) is 6.26 Å². The second-order valence-electron chi connectivity index (χ2n) is 8.67. The number of aromatic nitrogens is 1. The van der Waals surface area contributed by atoms with E-state index in [0.717, 1.165) is 22.7 Å². The van der Waals surface area contributed by atoms with E-state index in [-0.39, 0.29) is 17.6 Å². The lowest BCUT2D eigenvalue weighted by Gasteiger charge is -2.36. The summed E-state index contributed by atoms with van der Waals surface area (Å²) < 4.78 is 5.59. The molecule has 6 nitrogen and oxygen atoms in total. The van der Waals surface area contributed by atoms with Gasteiger partial charge >= 0.3 is 0 Å². The maximum absolute atomic E-state index is 13.6. The molecule has 0 fully saturated rings. The first kappa shape index (κ1) is 22.2. The zero-order valence-corrected chi connectivity index (χ0v) is 19.6. The highest BCUT2D eigenvalue weighted by atomic mass is 35.5. The lowest BCUT2D eigenvalue weighted by atomic mass is 9.72. The molecule has 1 aromatic carbocycles. The Kier molecular flexibility index (Phi) is 5.84. The predicted octanol–water partition coefficient (Wildman–Crippen LogP) is 5.64. The molecular weight excluding hydrogens is 450 g/mol. The third-order valence-electron chi connectivity index (χ3n) is 6.36. The highest BCUT2D eigenvalue weighted by Crippen LogP contribution is 2.47. The summed E-state index contributed by atoms with van der Waals surface area (Å²) in [4.78, 5) is 31.5. The normalized spacial score (nSPS) is 20.1. The molecule has 1 aliphatic heterocycles. The fourth-order valence-corrected chi connectivity index (χ4v) is 5.13. The number of allylic oxidation sites excluding steroid dienone is 3. The fourth-order valence-electron chi connectivity index (χ4n) is 4.88. The first-order valence-corrected chi connectivity index (χ1v) is 11.6. The number of anilines is 1. The summed E-state index contributed by atoms with van der Waals surface area (Å²) in [5, 5.41) is 6.77. The van der Waals surface area contributed by atoms with E-state index in [4.69, 9.17) is 16.0 Å². The lowest BCUT2D eigenvalue weighted by Crippen LogP contribution is -2.37. The van der Waals surface area contributed by atoms with Crippen molar-refractivity contribution >= 4 is 29.1 Å². The Hall–Kier alpha value is -3.64. The van der Waals surface area contributed by atoms with Gasteiger partial charge < -0.3 is 15.1 Å². The molecule has 2 atom stereocenters. The number of carbonyl (C=O) groups excluding carboxylic acids is 2. The van der Waals surface area contributed by atoms with Crippen molar-refractivity contribution in [3.63, 3.8) is 0 Å². The molecule has 0 saturated carbocycles. The van der Waals surface area contributed by atoms with Gasteiger partial charge in [0.15, 0.2) is 5.78 Å². The van der Waals surface area contributed by atoms with Gasteiger partial charge in [0, 0.05) is 51.5 Å². The van der Waals surface area contributed by atoms with Crippen molar-refractivity contribution in [2.45, 2.75) is 38.5 Å². The Bertz CT molecular complexity index is 1340. The molecule has 0 unspecified atom stereocenters. The summed E-state index contributed by atoms with van der Waals surface area (Å²) in [7, 11) is 0. The van der Waals surface area contributed by atoms with Crippen LogP contribution < -0.4 is 10.6 Å². The number of furan rings is 1. The molecule has 1 amide bonds. The number of rotatable bonds is 4. The second kappa shape index (κ2) is 8.95. The molecule has 2 aliphatic rings. The minimum Gasteiger partial charge on any atom is -0.469 e. The Morgan fingerprint density at radius 2 is 1.91 bits per heavy atom. The van der Waals surface area contributed by atoms with Gasteiger partial charge in [-0.25, -0.2) is 4.98 Å². The average Bonchev–Trinajstić information content (AvgIpc) is 3.33. The molecule has 2 aromatic heterocycles. The van der Waals surface area contributed by atoms with Crippen molar-refractivity contribution in [1.82, 2.24) is 10.3 Å². The third kappa shape index (κ3) is 4.05. The second-order valence-corrected chi connectivity index (χ2v) is 9.08. The van der Waals surface area contributed by atoms with Crippen molar-refractivity contribution in [2.75, 3.05) is 5.32 Å². The molecule has 3 aromatic rings. The van der Waals surface area contributed by atoms with Crippen molar-refractivity contribution < 1.29 is 14.0 Å². The molecule has 0 bridgehead atoms. The van der Waals surface area contributed by atoms with Gasteiger partial charge in [-0.05, 0) is 56.2 Å². The molecule has 5 rings (SSSR count). The highest BCUT2D eigenvalue weighted by molar-refractivity contribution is 6.31. The van der Waals surface area contributed by atoms with Crippen LogP contribution in [-0.2, 0) is 9.59 Å². The summed E-state index contributed by atoms with van der Waals surface area (Å²) >= 11 is 6.61. The van der Waals surface area contributed by atoms with E-state index >= 15 is 0 Å². The van der Waals surface area contributed by atoms with Crippen LogP contribution in [0.25, 0.3) is 0 Å². The van der Waals surface area contributed by atoms with E-state index in [1.807, 2.05) is 56.3 Å². The summed E-state index contributed by atoms with van der Waals surface area (Å²) in [5.41, 5.74) is 4.06. The summed E-state index contributed by atoms with van der Waals surface area (Å²) in [6.07, 6.45) is 2.54. The highest BCUT2D eigenvalue weighted by Gasteiger charge is 2.42. The van der Waals surface area contributed by atoms with Crippen LogP contribution in [0, 0.1) is 6.92 Å². The van der Waals surface area contributed by atoms with E-state index in [1.165, 1.54) is 0 Å². The minimum atomic E-state index is -0.584. The third-order valence-corrected chi connectivity index (χ3v) is 6.71. The Morgan fingerprint density at radius 3 is 2.65 bits per heavy atom. The number of Topliss-reactive ketones (excluding diaryl/α,β-unsaturated/α-hetero) is 1. The average molecular weight is 474 g/mol. The van der Waals surface area contributed by atoms with Gasteiger partial charge in [0.2, 0.25) is 0 Å². The fraction of sp³-hybridized carbons (Fsp3) is 0.222. The number of ketones is 1. The van der Waals surface area contributed by atoms with E-state index in [9.17, 15) is 9.59 Å². The zero-order chi connectivity index (χ0) is 23.8. The number of amides is 1. The van der Waals surface area contributed by atoms with Gasteiger partial charge in [-0.1, -0.05) is 35.9 Å². The van der Waals surface area contributed by atoms with Crippen LogP contribution in [0.2, 0.25) is 5.02 Å². The number of pyridine rings is 1. The molecule has 2 N–H and O–H groups in total. The summed E-state index contributed by atoms with van der Waals surface area (Å²) in [6, 6.07) is 16.5. The van der Waals surface area contributed by atoms with Crippen molar-refractivity contribution in [2.24, 2.45) is 0 Å². The molecule has 3 heterocycles. The first-order valence-electron chi connectivity index (χ1n) is 11.2. The van der Waals surface area contributed by atoms with Crippen LogP contribution in [0.3, 0.4) is 0 Å². The molecule has 0 radical (unpaired) electrons. The van der Waals surface area contributed by atoms with Crippen molar-refractivity contribution in [3.05, 3.63) is 105 Å². The smallest absolute Gasteiger partial charge is 0.255 e. The van der Waals surface area contributed by atoms with Crippen LogP contribution >= 0.6 is 11.6 Å². The van der Waals surface area contributed by atoms with Gasteiger partial charge in [-0.2, -0.15) is 0 Å². The van der Waals surface area contributed by atoms with E-state index in [1.54, 1.807) is 18.4 Å². The Balaban J connectivity index is 1.58. The molecule has 7 heteroatoms. The topological polar surface area (TPSA) is 84.2 Å². The van der Waals surface area contributed by atoms with E-state index in [0.29, 0.717) is 40.5 Å². The summed E-state index contributed by atoms with van der Waals surface area (Å²) in [6.45, 7) is 3.72. The van der Waals surface area contributed by atoms with Crippen LogP contribution in [0.1, 0.15) is 48.6 Å². The van der Waals surface area contributed by atoms with Crippen molar-refractivity contribution in [3.8, 4) is 0 Å². The van der Waals surface area contributed by atoms with Gasteiger partial charge in [0.1, 0.15) is 11.6 Å². The molecule has 0 saturated heterocycles. The number of dihydropyridines is 1. The van der Waals surface area contributed by atoms with E-state index < -0.39 is 5.92 Å². The maximum Gasteiger partial charge on any atom is 0.255 e. The number of halogens is 1. The predicted molar refractivity (Wildman–Crippen MR) is 130 cm³/mol. The number of hydrogen-bond donors (Lipinski definition) is 2. The number of nitrogens with zero attached hydrogens (tertiary/aromatic N) is 1. The molecule has 172 valence electrons. The number of aryl methyl sites for hydroxylation is 1. The van der Waals surface area contributed by atoms with Gasteiger partial charge in [-0.3, -0.25) is 9.59 Å². The molecule has 34 heavy (non-hydrogen) atoms. The number of carbonyl (C=O) groups is 2. The zero-order valence-electron chi connectivity index (χ0n) is 18.9. The van der Waals surface area contributed by atoms with E-state index in [2.05, 4.69) is 15.6 Å². The number of hydrogen-bond acceptors (Lipinski definition) is 5. The molecule has 1 aliphatic carbocycles. The maximum atomic E-state index is 13.6. The van der Waals surface area contributed by atoms with Gasteiger partial charge in [-0.15, -0.1) is 0 Å². The Labute approximate surface area is 202 Å². The van der Waals surface area contributed by atoms with Crippen LogP contribution in [-0.4, -0.2) is 16.7 Å². The number of nitrogens with one attached hydrogen (secondary N) is 2. The van der Waals surface area contributed by atoms with Gasteiger partial charge in [0.25, 0.3) is 5.91 Å². The quantitative estimate of drug-likeness (QED) is 0.512. The molecular formula is C27H24ClN3O3.